The first-order valence-electron chi connectivity index (χ1n) is 9.73. The Morgan fingerprint density at radius 2 is 1.69 bits per heavy atom. The fraction of sp³-hybridized carbons (Fsp3) is 0.0833. The monoisotopic (exact) mass is 485 g/mol. The van der Waals surface area contributed by atoms with Crippen molar-refractivity contribution in [2.45, 2.75) is 13.2 Å². The Bertz CT molecular complexity index is 1240. The molecule has 0 spiro atoms. The van der Waals surface area contributed by atoms with Gasteiger partial charge in [-0.1, -0.05) is 59.1 Å². The second-order valence-electron chi connectivity index (χ2n) is 7.00. The van der Waals surface area contributed by atoms with Crippen LogP contribution in [0.4, 0.5) is 5.82 Å². The molecule has 0 aliphatic rings. The summed E-state index contributed by atoms with van der Waals surface area (Å²) in [6, 6.07) is 21.4. The van der Waals surface area contributed by atoms with E-state index >= 15 is 0 Å². The topological polar surface area (TPSA) is 56.2 Å². The van der Waals surface area contributed by atoms with Crippen molar-refractivity contribution < 1.29 is 9.53 Å². The van der Waals surface area contributed by atoms with Crippen molar-refractivity contribution in [1.29, 1.82) is 0 Å². The molecule has 0 aliphatic heterocycles. The Hall–Kier alpha value is -2.99. The van der Waals surface area contributed by atoms with E-state index in [2.05, 4.69) is 10.4 Å². The largest absolute Gasteiger partial charge is 0.489 e. The zero-order chi connectivity index (χ0) is 22.5. The quantitative estimate of drug-likeness (QED) is 0.315. The fourth-order valence-corrected chi connectivity index (χ4v) is 3.77. The van der Waals surface area contributed by atoms with E-state index in [1.54, 1.807) is 59.4 Å². The van der Waals surface area contributed by atoms with Crippen molar-refractivity contribution in [3.05, 3.63) is 111 Å². The molecule has 32 heavy (non-hydrogen) atoms. The predicted molar refractivity (Wildman–Crippen MR) is 128 cm³/mol. The van der Waals surface area contributed by atoms with E-state index < -0.39 is 0 Å². The highest BCUT2D eigenvalue weighted by atomic mass is 35.5. The highest BCUT2D eigenvalue weighted by Crippen LogP contribution is 2.25. The molecule has 3 aromatic carbocycles. The van der Waals surface area contributed by atoms with Gasteiger partial charge in [0, 0.05) is 38.5 Å². The lowest BCUT2D eigenvalue weighted by Gasteiger charge is -2.08. The lowest BCUT2D eigenvalue weighted by atomic mass is 10.1. The first-order chi connectivity index (χ1) is 15.5. The minimum atomic E-state index is -0.268. The fourth-order valence-electron chi connectivity index (χ4n) is 3.08. The number of benzene rings is 3. The van der Waals surface area contributed by atoms with Gasteiger partial charge in [-0.25, -0.2) is 0 Å². The van der Waals surface area contributed by atoms with E-state index in [-0.39, 0.29) is 5.91 Å². The van der Waals surface area contributed by atoms with Gasteiger partial charge in [-0.05, 0) is 48.0 Å². The van der Waals surface area contributed by atoms with E-state index in [1.807, 2.05) is 24.3 Å². The normalized spacial score (nSPS) is 10.7. The highest BCUT2D eigenvalue weighted by Gasteiger charge is 2.11. The number of carbonyl (C=O) groups is 1. The van der Waals surface area contributed by atoms with Gasteiger partial charge in [0.05, 0.1) is 6.54 Å². The zero-order valence-electron chi connectivity index (χ0n) is 16.8. The zero-order valence-corrected chi connectivity index (χ0v) is 19.0. The van der Waals surface area contributed by atoms with E-state index in [9.17, 15) is 4.79 Å². The summed E-state index contributed by atoms with van der Waals surface area (Å²) >= 11 is 18.4. The average molecular weight is 487 g/mol. The number of hydrogen-bond acceptors (Lipinski definition) is 3. The van der Waals surface area contributed by atoms with Crippen LogP contribution in [0.5, 0.6) is 5.75 Å². The minimum absolute atomic E-state index is 0.268. The van der Waals surface area contributed by atoms with Gasteiger partial charge in [-0.15, -0.1) is 0 Å². The SMILES string of the molecule is O=C(Nc1ccn(Cc2c(Cl)cccc2Cl)n1)c1cccc(COc2cccc(Cl)c2)c1. The second kappa shape index (κ2) is 10.1. The maximum Gasteiger partial charge on any atom is 0.256 e. The molecule has 0 radical (unpaired) electrons. The molecule has 8 heteroatoms. The Morgan fingerprint density at radius 3 is 2.47 bits per heavy atom. The van der Waals surface area contributed by atoms with Crippen LogP contribution in [0.2, 0.25) is 15.1 Å². The molecule has 0 unspecified atom stereocenters. The number of anilines is 1. The Kier molecular flexibility index (Phi) is 7.00. The van der Waals surface area contributed by atoms with E-state index in [4.69, 9.17) is 39.5 Å². The van der Waals surface area contributed by atoms with Crippen LogP contribution in [0.25, 0.3) is 0 Å². The second-order valence-corrected chi connectivity index (χ2v) is 8.25. The molecule has 0 saturated heterocycles. The van der Waals surface area contributed by atoms with Gasteiger partial charge < -0.3 is 10.1 Å². The van der Waals surface area contributed by atoms with Gasteiger partial charge in [0.2, 0.25) is 0 Å². The number of nitrogens with one attached hydrogen (secondary N) is 1. The molecule has 4 aromatic rings. The molecule has 162 valence electrons. The number of aromatic nitrogens is 2. The van der Waals surface area contributed by atoms with E-state index in [0.29, 0.717) is 45.4 Å². The summed E-state index contributed by atoms with van der Waals surface area (Å²) < 4.78 is 7.42. The Balaban J connectivity index is 1.39. The van der Waals surface area contributed by atoms with Crippen molar-refractivity contribution in [2.75, 3.05) is 5.32 Å². The smallest absolute Gasteiger partial charge is 0.256 e. The van der Waals surface area contributed by atoms with Crippen LogP contribution in [0.15, 0.2) is 79.0 Å². The van der Waals surface area contributed by atoms with Crippen LogP contribution >= 0.6 is 34.8 Å². The molecule has 1 aromatic heterocycles. The van der Waals surface area contributed by atoms with Crippen molar-refractivity contribution >= 4 is 46.5 Å². The van der Waals surface area contributed by atoms with Gasteiger partial charge in [-0.2, -0.15) is 5.10 Å². The van der Waals surface area contributed by atoms with Crippen molar-refractivity contribution in [2.24, 2.45) is 0 Å². The third kappa shape index (κ3) is 5.62. The number of hydrogen-bond donors (Lipinski definition) is 1. The van der Waals surface area contributed by atoms with Gasteiger partial charge in [0.15, 0.2) is 5.82 Å². The summed E-state index contributed by atoms with van der Waals surface area (Å²) in [7, 11) is 0. The summed E-state index contributed by atoms with van der Waals surface area (Å²) in [5, 5.41) is 8.93. The first-order valence-corrected chi connectivity index (χ1v) is 10.9. The summed E-state index contributed by atoms with van der Waals surface area (Å²) in [6.07, 6.45) is 1.75. The van der Waals surface area contributed by atoms with Crippen molar-refractivity contribution in [1.82, 2.24) is 9.78 Å². The Labute approximate surface area is 200 Å². The van der Waals surface area contributed by atoms with Crippen LogP contribution in [0.1, 0.15) is 21.5 Å². The molecule has 1 heterocycles. The van der Waals surface area contributed by atoms with Gasteiger partial charge in [-0.3, -0.25) is 9.48 Å². The third-order valence-corrected chi connectivity index (χ3v) is 5.60. The number of nitrogens with zero attached hydrogens (tertiary/aromatic N) is 2. The summed E-state index contributed by atoms with van der Waals surface area (Å²) in [5.74, 6) is 0.825. The van der Waals surface area contributed by atoms with E-state index in [0.717, 1.165) is 11.1 Å². The van der Waals surface area contributed by atoms with Crippen LogP contribution < -0.4 is 10.1 Å². The summed E-state index contributed by atoms with van der Waals surface area (Å²) in [6.45, 7) is 0.708. The predicted octanol–water partition coefficient (Wildman–Crippen LogP) is 6.72. The summed E-state index contributed by atoms with van der Waals surface area (Å²) in [5.41, 5.74) is 2.13. The van der Waals surface area contributed by atoms with Crippen LogP contribution in [-0.2, 0) is 13.2 Å². The third-order valence-electron chi connectivity index (χ3n) is 4.65. The lowest BCUT2D eigenvalue weighted by Crippen LogP contribution is -2.13. The maximum atomic E-state index is 12.7. The molecule has 5 nitrogen and oxygen atoms in total. The van der Waals surface area contributed by atoms with Gasteiger partial charge in [0.1, 0.15) is 12.4 Å². The number of halogens is 3. The van der Waals surface area contributed by atoms with Crippen LogP contribution in [-0.4, -0.2) is 15.7 Å². The van der Waals surface area contributed by atoms with Crippen LogP contribution in [0.3, 0.4) is 0 Å². The first kappa shape index (κ1) is 22.2. The number of rotatable bonds is 7. The standard InChI is InChI=1S/C24H18Cl3N3O2/c25-18-6-2-7-19(13-18)32-15-16-4-1-5-17(12-16)24(31)28-23-10-11-30(29-23)14-20-21(26)8-3-9-22(20)27/h1-13H,14-15H2,(H,28,29,31). The van der Waals surface area contributed by atoms with Gasteiger partial charge >= 0.3 is 0 Å². The van der Waals surface area contributed by atoms with E-state index in [1.165, 1.54) is 0 Å². The van der Waals surface area contributed by atoms with Gasteiger partial charge in [0.25, 0.3) is 5.91 Å². The number of amides is 1. The Morgan fingerprint density at radius 1 is 0.938 bits per heavy atom. The highest BCUT2D eigenvalue weighted by molar-refractivity contribution is 6.36. The molecule has 1 amide bonds. The number of ether oxygens (including phenoxy) is 1. The molecular formula is C24H18Cl3N3O2. The lowest BCUT2D eigenvalue weighted by molar-refractivity contribution is 0.102. The average Bonchev–Trinajstić information content (AvgIpc) is 3.22. The van der Waals surface area contributed by atoms with Crippen LogP contribution in [0, 0.1) is 0 Å². The molecular weight excluding hydrogens is 469 g/mol. The molecule has 0 saturated carbocycles. The molecule has 0 fully saturated rings. The van der Waals surface area contributed by atoms with Crippen molar-refractivity contribution in [3.63, 3.8) is 0 Å². The molecule has 1 N–H and O–H groups in total. The minimum Gasteiger partial charge on any atom is -0.489 e. The molecule has 0 bridgehead atoms. The molecule has 0 atom stereocenters. The molecule has 0 aliphatic carbocycles. The molecule has 4 rings (SSSR count). The van der Waals surface area contributed by atoms with Crippen molar-refractivity contribution in [3.8, 4) is 5.75 Å². The summed E-state index contributed by atoms with van der Waals surface area (Å²) in [4.78, 5) is 12.7. The maximum absolute atomic E-state index is 12.7. The number of carbonyl (C=O) groups excluding carboxylic acids is 1.